The molecule has 0 spiro atoms. The topological polar surface area (TPSA) is 35.5 Å². The number of nitrogens with zero attached hydrogens (tertiary/aromatic N) is 1. The molecule has 3 nitrogen and oxygen atoms in total. The SMILES string of the molecule is CC(C)(C)N1CCNC[C@H]1CCO. The van der Waals surface area contributed by atoms with E-state index in [1.165, 1.54) is 0 Å². The molecule has 0 amide bonds. The van der Waals surface area contributed by atoms with Crippen LogP contribution < -0.4 is 5.32 Å². The molecule has 78 valence electrons. The highest BCUT2D eigenvalue weighted by atomic mass is 16.3. The summed E-state index contributed by atoms with van der Waals surface area (Å²) in [6.07, 6.45) is 0.879. The maximum absolute atomic E-state index is 8.95. The van der Waals surface area contributed by atoms with Crippen LogP contribution in [-0.2, 0) is 0 Å². The first-order chi connectivity index (χ1) is 6.05. The molecular formula is C10H22N2O. The van der Waals surface area contributed by atoms with Crippen LogP contribution in [0.4, 0.5) is 0 Å². The maximum Gasteiger partial charge on any atom is 0.0446 e. The number of hydrogen-bond donors (Lipinski definition) is 2. The molecule has 0 aliphatic carbocycles. The largest absolute Gasteiger partial charge is 0.396 e. The molecule has 3 heteroatoms. The first-order valence-corrected chi connectivity index (χ1v) is 5.14. The molecule has 0 radical (unpaired) electrons. The van der Waals surface area contributed by atoms with Crippen molar-refractivity contribution in [2.24, 2.45) is 0 Å². The van der Waals surface area contributed by atoms with E-state index in [4.69, 9.17) is 5.11 Å². The van der Waals surface area contributed by atoms with E-state index in [1.807, 2.05) is 0 Å². The normalized spacial score (nSPS) is 26.3. The number of rotatable bonds is 2. The zero-order chi connectivity index (χ0) is 9.90. The van der Waals surface area contributed by atoms with E-state index < -0.39 is 0 Å². The lowest BCUT2D eigenvalue weighted by Crippen LogP contribution is -2.58. The summed E-state index contributed by atoms with van der Waals surface area (Å²) in [5.41, 5.74) is 0.224. The summed E-state index contributed by atoms with van der Waals surface area (Å²) in [5.74, 6) is 0. The summed E-state index contributed by atoms with van der Waals surface area (Å²) in [4.78, 5) is 2.49. The lowest BCUT2D eigenvalue weighted by atomic mass is 9.99. The van der Waals surface area contributed by atoms with Crippen LogP contribution in [-0.4, -0.2) is 47.8 Å². The van der Waals surface area contributed by atoms with E-state index in [9.17, 15) is 0 Å². The molecule has 1 aliphatic rings. The predicted octanol–water partition coefficient (Wildman–Crippen LogP) is 0.441. The van der Waals surface area contributed by atoms with Crippen molar-refractivity contribution in [2.45, 2.75) is 38.8 Å². The van der Waals surface area contributed by atoms with Crippen molar-refractivity contribution >= 4 is 0 Å². The van der Waals surface area contributed by atoms with Gasteiger partial charge in [-0.25, -0.2) is 0 Å². The Bertz CT molecular complexity index is 151. The Kier molecular flexibility index (Phi) is 3.71. The van der Waals surface area contributed by atoms with E-state index in [2.05, 4.69) is 31.0 Å². The second kappa shape index (κ2) is 4.40. The van der Waals surface area contributed by atoms with Gasteiger partial charge in [0.25, 0.3) is 0 Å². The van der Waals surface area contributed by atoms with Gasteiger partial charge in [-0.1, -0.05) is 0 Å². The highest BCUT2D eigenvalue weighted by Crippen LogP contribution is 2.19. The quantitative estimate of drug-likeness (QED) is 0.657. The van der Waals surface area contributed by atoms with E-state index in [0.717, 1.165) is 26.1 Å². The summed E-state index contributed by atoms with van der Waals surface area (Å²) in [6, 6.07) is 0.499. The minimum absolute atomic E-state index is 0.224. The summed E-state index contributed by atoms with van der Waals surface area (Å²) < 4.78 is 0. The fourth-order valence-electron chi connectivity index (χ4n) is 2.05. The van der Waals surface area contributed by atoms with Gasteiger partial charge in [0.2, 0.25) is 0 Å². The van der Waals surface area contributed by atoms with E-state index in [1.54, 1.807) is 0 Å². The highest BCUT2D eigenvalue weighted by molar-refractivity contribution is 4.87. The molecule has 0 saturated carbocycles. The molecule has 0 unspecified atom stereocenters. The molecule has 1 aliphatic heterocycles. The van der Waals surface area contributed by atoms with Crippen molar-refractivity contribution in [1.82, 2.24) is 10.2 Å². The van der Waals surface area contributed by atoms with Crippen LogP contribution in [0.2, 0.25) is 0 Å². The molecule has 1 atom stereocenters. The standard InChI is InChI=1S/C10H22N2O/c1-10(2,3)12-6-5-11-8-9(12)4-7-13/h9,11,13H,4-8H2,1-3H3/t9-/m1/s1. The average Bonchev–Trinajstić information content (AvgIpc) is 2.04. The van der Waals surface area contributed by atoms with Gasteiger partial charge in [-0.15, -0.1) is 0 Å². The van der Waals surface area contributed by atoms with Crippen molar-refractivity contribution in [3.63, 3.8) is 0 Å². The fourth-order valence-corrected chi connectivity index (χ4v) is 2.05. The van der Waals surface area contributed by atoms with Crippen LogP contribution in [0, 0.1) is 0 Å². The van der Waals surface area contributed by atoms with Gasteiger partial charge in [0.1, 0.15) is 0 Å². The second-order valence-electron chi connectivity index (χ2n) is 4.73. The van der Waals surface area contributed by atoms with Gasteiger partial charge in [0.15, 0.2) is 0 Å². The third-order valence-electron chi connectivity index (χ3n) is 2.67. The Morgan fingerprint density at radius 2 is 2.15 bits per heavy atom. The first-order valence-electron chi connectivity index (χ1n) is 5.14. The Morgan fingerprint density at radius 3 is 2.69 bits per heavy atom. The molecule has 2 N–H and O–H groups in total. The first kappa shape index (κ1) is 11.0. The van der Waals surface area contributed by atoms with Crippen molar-refractivity contribution in [1.29, 1.82) is 0 Å². The van der Waals surface area contributed by atoms with Gasteiger partial charge in [-0.05, 0) is 27.2 Å². The molecule has 0 aromatic carbocycles. The number of piperazine rings is 1. The molecule has 1 saturated heterocycles. The van der Waals surface area contributed by atoms with Crippen molar-refractivity contribution in [3.05, 3.63) is 0 Å². The summed E-state index contributed by atoms with van der Waals surface area (Å²) >= 11 is 0. The zero-order valence-corrected chi connectivity index (χ0v) is 9.01. The Morgan fingerprint density at radius 1 is 1.46 bits per heavy atom. The second-order valence-corrected chi connectivity index (χ2v) is 4.73. The molecule has 0 aromatic heterocycles. The minimum Gasteiger partial charge on any atom is -0.396 e. The van der Waals surface area contributed by atoms with Gasteiger partial charge in [-0.3, -0.25) is 4.90 Å². The minimum atomic E-state index is 0.224. The van der Waals surface area contributed by atoms with Crippen LogP contribution in [0.3, 0.4) is 0 Å². The molecule has 13 heavy (non-hydrogen) atoms. The molecule has 0 aromatic rings. The third-order valence-corrected chi connectivity index (χ3v) is 2.67. The number of aliphatic hydroxyl groups is 1. The lowest BCUT2D eigenvalue weighted by Gasteiger charge is -2.44. The van der Waals surface area contributed by atoms with Crippen molar-refractivity contribution < 1.29 is 5.11 Å². The summed E-state index contributed by atoms with van der Waals surface area (Å²) in [7, 11) is 0. The smallest absolute Gasteiger partial charge is 0.0446 e. The Hall–Kier alpha value is -0.120. The van der Waals surface area contributed by atoms with Gasteiger partial charge in [0.05, 0.1) is 0 Å². The number of nitrogens with one attached hydrogen (secondary N) is 1. The van der Waals surface area contributed by atoms with E-state index in [-0.39, 0.29) is 5.54 Å². The van der Waals surface area contributed by atoms with Gasteiger partial charge < -0.3 is 10.4 Å². The van der Waals surface area contributed by atoms with E-state index in [0.29, 0.717) is 12.6 Å². The third kappa shape index (κ3) is 2.93. The van der Waals surface area contributed by atoms with Gasteiger partial charge in [0, 0.05) is 37.8 Å². The van der Waals surface area contributed by atoms with Crippen molar-refractivity contribution in [2.75, 3.05) is 26.2 Å². The number of hydrogen-bond acceptors (Lipinski definition) is 3. The van der Waals surface area contributed by atoms with Gasteiger partial charge in [-0.2, -0.15) is 0 Å². The zero-order valence-electron chi connectivity index (χ0n) is 9.01. The van der Waals surface area contributed by atoms with Crippen molar-refractivity contribution in [3.8, 4) is 0 Å². The molecule has 1 rings (SSSR count). The molecule has 0 bridgehead atoms. The predicted molar refractivity (Wildman–Crippen MR) is 54.8 cm³/mol. The number of aliphatic hydroxyl groups excluding tert-OH is 1. The van der Waals surface area contributed by atoms with Crippen LogP contribution in [0.15, 0.2) is 0 Å². The lowest BCUT2D eigenvalue weighted by molar-refractivity contribution is 0.0475. The highest BCUT2D eigenvalue weighted by Gasteiger charge is 2.30. The molecular weight excluding hydrogens is 164 g/mol. The monoisotopic (exact) mass is 186 g/mol. The Balaban J connectivity index is 2.56. The summed E-state index contributed by atoms with van der Waals surface area (Å²) in [6.45, 7) is 10.2. The van der Waals surface area contributed by atoms with Crippen LogP contribution >= 0.6 is 0 Å². The van der Waals surface area contributed by atoms with Gasteiger partial charge >= 0.3 is 0 Å². The van der Waals surface area contributed by atoms with E-state index >= 15 is 0 Å². The summed E-state index contributed by atoms with van der Waals surface area (Å²) in [5, 5.41) is 12.3. The fraction of sp³-hybridized carbons (Fsp3) is 1.00. The van der Waals surface area contributed by atoms with Crippen LogP contribution in [0.5, 0.6) is 0 Å². The van der Waals surface area contributed by atoms with Crippen LogP contribution in [0.25, 0.3) is 0 Å². The maximum atomic E-state index is 8.95. The molecule has 1 fully saturated rings. The Labute approximate surface area is 81.1 Å². The molecule has 1 heterocycles. The van der Waals surface area contributed by atoms with Crippen LogP contribution in [0.1, 0.15) is 27.2 Å². The average molecular weight is 186 g/mol.